The molecule has 2 atom stereocenters. The number of aliphatic hydroxyl groups excluding tert-OH is 1. The van der Waals surface area contributed by atoms with Crippen molar-refractivity contribution in [1.82, 2.24) is 14.8 Å². The number of pyridine rings is 1. The lowest BCUT2D eigenvalue weighted by Crippen LogP contribution is -2.05. The molecule has 2 aromatic heterocycles. The first kappa shape index (κ1) is 18.4. The molecule has 0 aliphatic heterocycles. The lowest BCUT2D eigenvalue weighted by molar-refractivity contribution is -0.137. The molecule has 132 valence electrons. The first-order valence-electron chi connectivity index (χ1n) is 8.03. The van der Waals surface area contributed by atoms with Gasteiger partial charge < -0.3 is 5.11 Å². The summed E-state index contributed by atoms with van der Waals surface area (Å²) in [6.07, 6.45) is 2.82. The molecule has 2 aromatic rings. The fourth-order valence-electron chi connectivity index (χ4n) is 2.60. The van der Waals surface area contributed by atoms with Crippen LogP contribution in [0.2, 0.25) is 0 Å². The number of hydrogen-bond acceptors (Lipinski definition) is 3. The lowest BCUT2D eigenvalue weighted by atomic mass is 10.1. The van der Waals surface area contributed by atoms with E-state index < -0.39 is 11.7 Å². The largest absolute Gasteiger partial charge is 0.417 e. The maximum Gasteiger partial charge on any atom is 0.417 e. The maximum atomic E-state index is 12.5. The van der Waals surface area contributed by atoms with Crippen molar-refractivity contribution in [2.24, 2.45) is 5.92 Å². The number of aromatic nitrogens is 3. The standard InChI is InChI=1S/C11H10F3N3.C6H12O/c1-2-17-4-3-10(16-17)8-5-9(7-15-6-8)11(12,13)14;1-5-2-3-6(7)4-5/h3-7H,2H2,1H3;5-7H,2-4H2,1H3. The Morgan fingerprint density at radius 3 is 2.50 bits per heavy atom. The first-order chi connectivity index (χ1) is 11.3. The zero-order valence-electron chi connectivity index (χ0n) is 13.8. The summed E-state index contributed by atoms with van der Waals surface area (Å²) < 4.78 is 39.1. The van der Waals surface area contributed by atoms with Gasteiger partial charge in [0, 0.05) is 30.7 Å². The number of hydrogen-bond donors (Lipinski definition) is 1. The van der Waals surface area contributed by atoms with E-state index in [1.54, 1.807) is 16.9 Å². The van der Waals surface area contributed by atoms with E-state index >= 15 is 0 Å². The molecule has 2 heterocycles. The molecule has 3 rings (SSSR count). The van der Waals surface area contributed by atoms with Gasteiger partial charge in [0.1, 0.15) is 0 Å². The number of halogens is 3. The fourth-order valence-corrected chi connectivity index (χ4v) is 2.60. The molecule has 0 saturated heterocycles. The van der Waals surface area contributed by atoms with Crippen LogP contribution in [0.25, 0.3) is 11.3 Å². The SMILES string of the molecule is CC1CCC(O)C1.CCn1ccc(-c2cncc(C(F)(F)F)c2)n1. The summed E-state index contributed by atoms with van der Waals surface area (Å²) in [6, 6.07) is 2.72. The van der Waals surface area contributed by atoms with Crippen molar-refractivity contribution < 1.29 is 18.3 Å². The Morgan fingerprint density at radius 2 is 2.04 bits per heavy atom. The summed E-state index contributed by atoms with van der Waals surface area (Å²) in [5.41, 5.74) is 0.0959. The molecule has 0 bridgehead atoms. The summed E-state index contributed by atoms with van der Waals surface area (Å²) in [7, 11) is 0. The molecular formula is C17H22F3N3O. The number of rotatable bonds is 2. The third-order valence-corrected chi connectivity index (χ3v) is 3.99. The van der Waals surface area contributed by atoms with E-state index in [0.717, 1.165) is 31.0 Å². The second kappa shape index (κ2) is 7.79. The van der Waals surface area contributed by atoms with E-state index in [-0.39, 0.29) is 6.10 Å². The quantitative estimate of drug-likeness (QED) is 0.893. The Hall–Kier alpha value is -1.89. The molecule has 0 radical (unpaired) electrons. The van der Waals surface area contributed by atoms with Gasteiger partial charge in [0.25, 0.3) is 0 Å². The molecule has 24 heavy (non-hydrogen) atoms. The molecular weight excluding hydrogens is 319 g/mol. The summed E-state index contributed by atoms with van der Waals surface area (Å²) in [4.78, 5) is 3.59. The van der Waals surface area contributed by atoms with Crippen LogP contribution in [0.5, 0.6) is 0 Å². The van der Waals surface area contributed by atoms with E-state index in [1.807, 2.05) is 6.92 Å². The topological polar surface area (TPSA) is 50.9 Å². The summed E-state index contributed by atoms with van der Waals surface area (Å²) in [5.74, 6) is 0.773. The molecule has 4 nitrogen and oxygen atoms in total. The van der Waals surface area contributed by atoms with Crippen molar-refractivity contribution in [1.29, 1.82) is 0 Å². The van der Waals surface area contributed by atoms with Gasteiger partial charge in [-0.1, -0.05) is 6.92 Å². The summed E-state index contributed by atoms with van der Waals surface area (Å²) >= 11 is 0. The van der Waals surface area contributed by atoms with Crippen LogP contribution in [0.4, 0.5) is 13.2 Å². The zero-order valence-corrected chi connectivity index (χ0v) is 13.8. The van der Waals surface area contributed by atoms with Crippen LogP contribution < -0.4 is 0 Å². The monoisotopic (exact) mass is 341 g/mol. The maximum absolute atomic E-state index is 12.5. The smallest absolute Gasteiger partial charge is 0.393 e. The third kappa shape index (κ3) is 5.06. The molecule has 1 fully saturated rings. The van der Waals surface area contributed by atoms with E-state index in [1.165, 1.54) is 12.6 Å². The van der Waals surface area contributed by atoms with E-state index in [0.29, 0.717) is 17.8 Å². The third-order valence-electron chi connectivity index (χ3n) is 3.99. The molecule has 0 aromatic carbocycles. The van der Waals surface area contributed by atoms with Crippen LogP contribution >= 0.6 is 0 Å². The highest BCUT2D eigenvalue weighted by Gasteiger charge is 2.31. The van der Waals surface area contributed by atoms with Gasteiger partial charge in [-0.2, -0.15) is 18.3 Å². The molecule has 0 spiro atoms. The first-order valence-corrected chi connectivity index (χ1v) is 8.03. The normalized spacial score (nSPS) is 20.6. The molecule has 1 aliphatic rings. The van der Waals surface area contributed by atoms with Gasteiger partial charge in [0.05, 0.1) is 17.4 Å². The fraction of sp³-hybridized carbons (Fsp3) is 0.529. The van der Waals surface area contributed by atoms with Crippen molar-refractivity contribution in [3.63, 3.8) is 0 Å². The van der Waals surface area contributed by atoms with Gasteiger partial charge >= 0.3 is 6.18 Å². The predicted molar refractivity (Wildman–Crippen MR) is 85.2 cm³/mol. The molecule has 1 saturated carbocycles. The average molecular weight is 341 g/mol. The van der Waals surface area contributed by atoms with Gasteiger partial charge in [0.2, 0.25) is 0 Å². The molecule has 2 unspecified atom stereocenters. The van der Waals surface area contributed by atoms with Crippen molar-refractivity contribution in [2.75, 3.05) is 0 Å². The Kier molecular flexibility index (Phi) is 5.99. The zero-order chi connectivity index (χ0) is 17.7. The van der Waals surface area contributed by atoms with Crippen molar-refractivity contribution >= 4 is 0 Å². The Bertz CT molecular complexity index is 647. The minimum atomic E-state index is -4.38. The molecule has 1 N–H and O–H groups in total. The number of aryl methyl sites for hydroxylation is 1. The van der Waals surface area contributed by atoms with Crippen molar-refractivity contribution in [3.8, 4) is 11.3 Å². The van der Waals surface area contributed by atoms with Gasteiger partial charge in [-0.3, -0.25) is 9.67 Å². The Morgan fingerprint density at radius 1 is 1.29 bits per heavy atom. The van der Waals surface area contributed by atoms with E-state index in [2.05, 4.69) is 17.0 Å². The van der Waals surface area contributed by atoms with E-state index in [9.17, 15) is 13.2 Å². The summed E-state index contributed by atoms with van der Waals surface area (Å²) in [6.45, 7) is 4.77. The van der Waals surface area contributed by atoms with Crippen molar-refractivity contribution in [3.05, 3.63) is 36.3 Å². The lowest BCUT2D eigenvalue weighted by Gasteiger charge is -2.06. The Labute approximate surface area is 139 Å². The van der Waals surface area contributed by atoms with Crippen LogP contribution in [0.15, 0.2) is 30.7 Å². The van der Waals surface area contributed by atoms with Gasteiger partial charge in [0.15, 0.2) is 0 Å². The number of aliphatic hydroxyl groups is 1. The molecule has 1 aliphatic carbocycles. The minimum absolute atomic E-state index is 0.0231. The van der Waals surface area contributed by atoms with Crippen LogP contribution in [-0.2, 0) is 12.7 Å². The van der Waals surface area contributed by atoms with Crippen LogP contribution in [0.3, 0.4) is 0 Å². The second-order valence-electron chi connectivity index (χ2n) is 6.09. The highest BCUT2D eigenvalue weighted by molar-refractivity contribution is 5.58. The minimum Gasteiger partial charge on any atom is -0.393 e. The predicted octanol–water partition coefficient (Wildman–Crippen LogP) is 4.15. The number of alkyl halides is 3. The summed E-state index contributed by atoms with van der Waals surface area (Å²) in [5, 5.41) is 13.0. The highest BCUT2D eigenvalue weighted by atomic mass is 19.4. The number of nitrogens with zero attached hydrogens (tertiary/aromatic N) is 3. The van der Waals surface area contributed by atoms with Crippen LogP contribution in [0.1, 0.15) is 38.7 Å². The van der Waals surface area contributed by atoms with Gasteiger partial charge in [-0.05, 0) is 44.2 Å². The van der Waals surface area contributed by atoms with Crippen LogP contribution in [0, 0.1) is 5.92 Å². The van der Waals surface area contributed by atoms with Gasteiger partial charge in [-0.15, -0.1) is 0 Å². The van der Waals surface area contributed by atoms with Crippen LogP contribution in [-0.4, -0.2) is 26.0 Å². The van der Waals surface area contributed by atoms with E-state index in [4.69, 9.17) is 5.11 Å². The van der Waals surface area contributed by atoms with Crippen molar-refractivity contribution in [2.45, 2.75) is 51.9 Å². The second-order valence-corrected chi connectivity index (χ2v) is 6.09. The van der Waals surface area contributed by atoms with Gasteiger partial charge in [-0.25, -0.2) is 0 Å². The molecule has 0 amide bonds. The molecule has 7 heteroatoms. The Balaban J connectivity index is 0.000000249. The average Bonchev–Trinajstić information content (AvgIpc) is 3.16. The highest BCUT2D eigenvalue weighted by Crippen LogP contribution is 2.30.